The SMILES string of the molecule is CC(=O)CC(=O)Nc1ccccc1.CC(=O)O. The van der Waals surface area contributed by atoms with Gasteiger partial charge in [-0.1, -0.05) is 18.2 Å². The third kappa shape index (κ3) is 10.1. The molecule has 0 aliphatic rings. The van der Waals surface area contributed by atoms with Crippen LogP contribution in [0.15, 0.2) is 30.3 Å². The summed E-state index contributed by atoms with van der Waals surface area (Å²) in [5.74, 6) is -1.23. The Labute approximate surface area is 99.5 Å². The largest absolute Gasteiger partial charge is 0.481 e. The third-order valence-corrected chi connectivity index (χ3v) is 1.47. The van der Waals surface area contributed by atoms with Gasteiger partial charge in [0.25, 0.3) is 5.97 Å². The van der Waals surface area contributed by atoms with Crippen LogP contribution in [0.3, 0.4) is 0 Å². The lowest BCUT2D eigenvalue weighted by Gasteiger charge is -2.01. The Morgan fingerprint density at radius 3 is 2.00 bits per heavy atom. The molecule has 0 unspecified atom stereocenters. The Kier molecular flexibility index (Phi) is 7.01. The van der Waals surface area contributed by atoms with Gasteiger partial charge in [-0.25, -0.2) is 0 Å². The van der Waals surface area contributed by atoms with Crippen LogP contribution in [0, 0.1) is 0 Å². The molecule has 1 aromatic rings. The van der Waals surface area contributed by atoms with Gasteiger partial charge >= 0.3 is 0 Å². The molecule has 5 heteroatoms. The van der Waals surface area contributed by atoms with Gasteiger partial charge in [-0.3, -0.25) is 14.4 Å². The van der Waals surface area contributed by atoms with Gasteiger partial charge in [0.05, 0.1) is 6.42 Å². The van der Waals surface area contributed by atoms with Crippen LogP contribution in [0.4, 0.5) is 5.69 Å². The quantitative estimate of drug-likeness (QED) is 0.783. The number of para-hydroxylation sites is 1. The summed E-state index contributed by atoms with van der Waals surface area (Å²) in [5.41, 5.74) is 0.716. The van der Waals surface area contributed by atoms with E-state index in [1.165, 1.54) is 6.92 Å². The predicted molar refractivity (Wildman–Crippen MR) is 63.7 cm³/mol. The number of anilines is 1. The Bertz CT molecular complexity index is 383. The molecule has 17 heavy (non-hydrogen) atoms. The number of carbonyl (C=O) groups excluding carboxylic acids is 2. The molecule has 0 heterocycles. The molecule has 0 aliphatic heterocycles. The van der Waals surface area contributed by atoms with Crippen molar-refractivity contribution in [1.82, 2.24) is 0 Å². The lowest BCUT2D eigenvalue weighted by molar-refractivity contribution is -0.134. The van der Waals surface area contributed by atoms with Crippen molar-refractivity contribution < 1.29 is 19.5 Å². The van der Waals surface area contributed by atoms with E-state index >= 15 is 0 Å². The molecule has 0 aromatic heterocycles. The molecule has 0 spiro atoms. The first-order chi connectivity index (χ1) is 7.91. The van der Waals surface area contributed by atoms with Gasteiger partial charge in [0.15, 0.2) is 0 Å². The van der Waals surface area contributed by atoms with Crippen LogP contribution in [0.5, 0.6) is 0 Å². The molecule has 1 aromatic carbocycles. The third-order valence-electron chi connectivity index (χ3n) is 1.47. The number of Topliss-reactive ketones (excluding diaryl/α,β-unsaturated/α-hetero) is 1. The number of aliphatic carboxylic acids is 1. The van der Waals surface area contributed by atoms with Crippen LogP contribution in [-0.4, -0.2) is 22.8 Å². The van der Waals surface area contributed by atoms with Gasteiger partial charge in [-0.2, -0.15) is 0 Å². The molecule has 0 bridgehead atoms. The van der Waals surface area contributed by atoms with E-state index in [4.69, 9.17) is 9.90 Å². The van der Waals surface area contributed by atoms with Crippen molar-refractivity contribution in [3.63, 3.8) is 0 Å². The minimum absolute atomic E-state index is 0.0606. The monoisotopic (exact) mass is 237 g/mol. The van der Waals surface area contributed by atoms with Crippen LogP contribution < -0.4 is 5.32 Å². The maximum absolute atomic E-state index is 11.1. The van der Waals surface area contributed by atoms with Crippen LogP contribution in [0.1, 0.15) is 20.3 Å². The molecule has 0 aliphatic carbocycles. The molecule has 5 nitrogen and oxygen atoms in total. The van der Waals surface area contributed by atoms with E-state index in [1.54, 1.807) is 12.1 Å². The maximum Gasteiger partial charge on any atom is 0.300 e. The van der Waals surface area contributed by atoms with Crippen LogP contribution >= 0.6 is 0 Å². The molecular weight excluding hydrogens is 222 g/mol. The van der Waals surface area contributed by atoms with E-state index in [-0.39, 0.29) is 18.1 Å². The zero-order valence-corrected chi connectivity index (χ0v) is 9.77. The number of amides is 1. The topological polar surface area (TPSA) is 83.5 Å². The highest BCUT2D eigenvalue weighted by molar-refractivity contribution is 6.03. The summed E-state index contributed by atoms with van der Waals surface area (Å²) < 4.78 is 0. The van der Waals surface area contributed by atoms with Crippen molar-refractivity contribution in [3.05, 3.63) is 30.3 Å². The number of carboxylic acid groups (broad SMARTS) is 1. The Morgan fingerprint density at radius 1 is 1.12 bits per heavy atom. The van der Waals surface area contributed by atoms with Gasteiger partial charge in [0, 0.05) is 12.6 Å². The molecular formula is C12H15NO4. The first kappa shape index (κ1) is 14.8. The van der Waals surface area contributed by atoms with E-state index in [1.807, 2.05) is 18.2 Å². The normalized spacial score (nSPS) is 8.59. The standard InChI is InChI=1S/C10H11NO2.C2H4O2/c1-8(12)7-10(13)11-9-5-3-2-4-6-9;1-2(3)4/h2-6H,7H2,1H3,(H,11,13);1H3,(H,3,4). The summed E-state index contributed by atoms with van der Waals surface area (Å²) in [6, 6.07) is 9.06. The maximum atomic E-state index is 11.1. The van der Waals surface area contributed by atoms with Gasteiger partial charge in [-0.05, 0) is 19.1 Å². The number of hydrogen-bond acceptors (Lipinski definition) is 3. The van der Waals surface area contributed by atoms with Crippen molar-refractivity contribution in [1.29, 1.82) is 0 Å². The molecule has 0 saturated carbocycles. The van der Waals surface area contributed by atoms with Crippen LogP contribution in [0.2, 0.25) is 0 Å². The smallest absolute Gasteiger partial charge is 0.300 e. The highest BCUT2D eigenvalue weighted by Crippen LogP contribution is 2.05. The lowest BCUT2D eigenvalue weighted by atomic mass is 10.2. The minimum atomic E-state index is -0.833. The second-order valence-corrected chi connectivity index (χ2v) is 3.31. The van der Waals surface area contributed by atoms with E-state index in [0.717, 1.165) is 6.92 Å². The number of ketones is 1. The fraction of sp³-hybridized carbons (Fsp3) is 0.250. The van der Waals surface area contributed by atoms with Gasteiger partial charge < -0.3 is 10.4 Å². The summed E-state index contributed by atoms with van der Waals surface area (Å²) in [6.45, 7) is 2.48. The fourth-order valence-corrected chi connectivity index (χ4v) is 0.953. The number of hydrogen-bond donors (Lipinski definition) is 2. The average Bonchev–Trinajstić information content (AvgIpc) is 2.16. The minimum Gasteiger partial charge on any atom is -0.481 e. The molecule has 2 N–H and O–H groups in total. The molecule has 0 atom stereocenters. The first-order valence-electron chi connectivity index (χ1n) is 4.95. The number of nitrogens with one attached hydrogen (secondary N) is 1. The Hall–Kier alpha value is -2.17. The van der Waals surface area contributed by atoms with E-state index in [9.17, 15) is 9.59 Å². The van der Waals surface area contributed by atoms with Crippen molar-refractivity contribution in [2.45, 2.75) is 20.3 Å². The van der Waals surface area contributed by atoms with Gasteiger partial charge in [0.1, 0.15) is 5.78 Å². The second-order valence-electron chi connectivity index (χ2n) is 3.31. The summed E-state index contributed by atoms with van der Waals surface area (Å²) >= 11 is 0. The number of carboxylic acids is 1. The summed E-state index contributed by atoms with van der Waals surface area (Å²) in [4.78, 5) is 30.7. The Morgan fingerprint density at radius 2 is 1.59 bits per heavy atom. The zero-order valence-electron chi connectivity index (χ0n) is 9.77. The number of benzene rings is 1. The highest BCUT2D eigenvalue weighted by Gasteiger charge is 2.04. The van der Waals surface area contributed by atoms with E-state index in [2.05, 4.69) is 5.32 Å². The van der Waals surface area contributed by atoms with Gasteiger partial charge in [-0.15, -0.1) is 0 Å². The molecule has 0 saturated heterocycles. The van der Waals surface area contributed by atoms with E-state index < -0.39 is 5.97 Å². The summed E-state index contributed by atoms with van der Waals surface area (Å²) in [7, 11) is 0. The van der Waals surface area contributed by atoms with Crippen LogP contribution in [0.25, 0.3) is 0 Å². The molecule has 92 valence electrons. The average molecular weight is 237 g/mol. The van der Waals surface area contributed by atoms with Gasteiger partial charge in [0.2, 0.25) is 5.91 Å². The molecule has 1 amide bonds. The lowest BCUT2D eigenvalue weighted by Crippen LogP contribution is -2.14. The predicted octanol–water partition coefficient (Wildman–Crippen LogP) is 1.70. The van der Waals surface area contributed by atoms with Crippen molar-refractivity contribution in [2.24, 2.45) is 0 Å². The zero-order chi connectivity index (χ0) is 13.3. The second kappa shape index (κ2) is 8.04. The molecule has 1 rings (SSSR count). The van der Waals surface area contributed by atoms with Crippen molar-refractivity contribution in [3.8, 4) is 0 Å². The molecule has 0 fully saturated rings. The van der Waals surface area contributed by atoms with Crippen LogP contribution in [-0.2, 0) is 14.4 Å². The Balaban J connectivity index is 0.000000557. The fourth-order valence-electron chi connectivity index (χ4n) is 0.953. The number of carbonyl (C=O) groups is 3. The summed E-state index contributed by atoms with van der Waals surface area (Å²) in [6.07, 6.45) is -0.0606. The first-order valence-corrected chi connectivity index (χ1v) is 4.95. The van der Waals surface area contributed by atoms with Crippen molar-refractivity contribution in [2.75, 3.05) is 5.32 Å². The van der Waals surface area contributed by atoms with Crippen molar-refractivity contribution >= 4 is 23.3 Å². The summed E-state index contributed by atoms with van der Waals surface area (Å²) in [5, 5.41) is 10.0. The molecule has 0 radical (unpaired) electrons. The highest BCUT2D eigenvalue weighted by atomic mass is 16.4. The number of rotatable bonds is 3. The van der Waals surface area contributed by atoms with E-state index in [0.29, 0.717) is 5.69 Å².